The van der Waals surface area contributed by atoms with Crippen LogP contribution in [0, 0.1) is 19.7 Å². The quantitative estimate of drug-likeness (QED) is 0.827. The third-order valence-electron chi connectivity index (χ3n) is 3.20. The zero-order valence-electron chi connectivity index (χ0n) is 13.5. The molecule has 0 unspecified atom stereocenters. The average Bonchev–Trinajstić information content (AvgIpc) is 2.55. The summed E-state index contributed by atoms with van der Waals surface area (Å²) in [6.45, 7) is 2.77. The molecule has 0 spiro atoms. The van der Waals surface area contributed by atoms with E-state index in [2.05, 4.69) is 5.32 Å². The Morgan fingerprint density at radius 2 is 1.83 bits per heavy atom. The van der Waals surface area contributed by atoms with E-state index in [9.17, 15) is 14.0 Å². The van der Waals surface area contributed by atoms with Crippen LogP contribution in [0.2, 0.25) is 0 Å². The average molecular weight is 331 g/mol. The number of carbonyl (C=O) groups is 2. The molecule has 0 aliphatic carbocycles. The van der Waals surface area contributed by atoms with Gasteiger partial charge in [0.25, 0.3) is 5.91 Å². The smallest absolute Gasteiger partial charge is 0.344 e. The van der Waals surface area contributed by atoms with Crippen LogP contribution in [0.4, 0.5) is 10.1 Å². The lowest BCUT2D eigenvalue weighted by Gasteiger charge is -2.10. The highest BCUT2D eigenvalue weighted by atomic mass is 19.1. The van der Waals surface area contributed by atoms with E-state index in [0.717, 1.165) is 11.1 Å². The number of carbonyl (C=O) groups excluding carboxylic acids is 2. The number of rotatable bonds is 6. The van der Waals surface area contributed by atoms with E-state index >= 15 is 0 Å². The van der Waals surface area contributed by atoms with E-state index in [-0.39, 0.29) is 12.3 Å². The van der Waals surface area contributed by atoms with E-state index in [1.807, 2.05) is 19.1 Å². The summed E-state index contributed by atoms with van der Waals surface area (Å²) in [6, 6.07) is 11.6. The highest BCUT2D eigenvalue weighted by molar-refractivity contribution is 5.93. The molecular formula is C18H18FNO4. The van der Waals surface area contributed by atoms with Gasteiger partial charge >= 0.3 is 5.97 Å². The standard InChI is InChI=1S/C18H18FNO4/c1-12-7-8-15(14(19)9-12)20-17(21)10-24-18(22)11-23-16-6-4-3-5-13(16)2/h3-9H,10-11H2,1-2H3,(H,20,21). The summed E-state index contributed by atoms with van der Waals surface area (Å²) in [5.41, 5.74) is 1.67. The zero-order valence-corrected chi connectivity index (χ0v) is 13.5. The maximum atomic E-state index is 13.6. The molecule has 6 heteroatoms. The molecule has 0 aliphatic heterocycles. The summed E-state index contributed by atoms with van der Waals surface area (Å²) >= 11 is 0. The number of anilines is 1. The van der Waals surface area contributed by atoms with Crippen molar-refractivity contribution in [1.82, 2.24) is 0 Å². The van der Waals surface area contributed by atoms with Crippen molar-refractivity contribution in [3.63, 3.8) is 0 Å². The van der Waals surface area contributed by atoms with Gasteiger partial charge in [-0.3, -0.25) is 4.79 Å². The van der Waals surface area contributed by atoms with Gasteiger partial charge in [-0.25, -0.2) is 9.18 Å². The SMILES string of the molecule is Cc1ccc(NC(=O)COC(=O)COc2ccccc2C)c(F)c1. The van der Waals surface area contributed by atoms with Crippen molar-refractivity contribution in [3.8, 4) is 5.75 Å². The van der Waals surface area contributed by atoms with Crippen LogP contribution in [0.25, 0.3) is 0 Å². The van der Waals surface area contributed by atoms with Crippen LogP contribution in [-0.4, -0.2) is 25.1 Å². The number of aryl methyl sites for hydroxylation is 2. The fourth-order valence-corrected chi connectivity index (χ4v) is 1.95. The number of benzene rings is 2. The van der Waals surface area contributed by atoms with Crippen LogP contribution < -0.4 is 10.1 Å². The van der Waals surface area contributed by atoms with E-state index in [0.29, 0.717) is 5.75 Å². The summed E-state index contributed by atoms with van der Waals surface area (Å²) in [6.07, 6.45) is 0. The molecule has 2 rings (SSSR count). The highest BCUT2D eigenvalue weighted by Crippen LogP contribution is 2.16. The maximum Gasteiger partial charge on any atom is 0.344 e. The van der Waals surface area contributed by atoms with Crippen LogP contribution >= 0.6 is 0 Å². The largest absolute Gasteiger partial charge is 0.482 e. The summed E-state index contributed by atoms with van der Waals surface area (Å²) in [5.74, 6) is -1.28. The van der Waals surface area contributed by atoms with Crippen molar-refractivity contribution in [3.05, 3.63) is 59.4 Å². The number of halogens is 1. The van der Waals surface area contributed by atoms with Crippen molar-refractivity contribution in [1.29, 1.82) is 0 Å². The summed E-state index contributed by atoms with van der Waals surface area (Å²) < 4.78 is 23.7. The van der Waals surface area contributed by atoms with Gasteiger partial charge in [0.15, 0.2) is 13.2 Å². The van der Waals surface area contributed by atoms with Gasteiger partial charge in [-0.05, 0) is 43.2 Å². The maximum absolute atomic E-state index is 13.6. The van der Waals surface area contributed by atoms with E-state index in [1.165, 1.54) is 12.1 Å². The summed E-state index contributed by atoms with van der Waals surface area (Å²) in [5, 5.41) is 2.34. The van der Waals surface area contributed by atoms with Gasteiger partial charge < -0.3 is 14.8 Å². The predicted octanol–water partition coefficient (Wildman–Crippen LogP) is 3.00. The molecule has 0 saturated heterocycles. The second kappa shape index (κ2) is 8.10. The number of hydrogen-bond donors (Lipinski definition) is 1. The molecule has 0 saturated carbocycles. The molecule has 5 nitrogen and oxygen atoms in total. The van der Waals surface area contributed by atoms with Crippen LogP contribution in [0.3, 0.4) is 0 Å². The Labute approximate surface area is 139 Å². The van der Waals surface area contributed by atoms with Gasteiger partial charge in [-0.15, -0.1) is 0 Å². The third kappa shape index (κ3) is 5.08. The monoisotopic (exact) mass is 331 g/mol. The number of para-hydroxylation sites is 1. The summed E-state index contributed by atoms with van der Waals surface area (Å²) in [4.78, 5) is 23.3. The minimum Gasteiger partial charge on any atom is -0.482 e. The minimum absolute atomic E-state index is 0.0396. The van der Waals surface area contributed by atoms with Crippen molar-refractivity contribution in [2.24, 2.45) is 0 Å². The third-order valence-corrected chi connectivity index (χ3v) is 3.20. The molecule has 0 radical (unpaired) electrons. The molecule has 0 aromatic heterocycles. The first kappa shape index (κ1) is 17.5. The molecule has 0 fully saturated rings. The molecule has 2 aromatic carbocycles. The lowest BCUT2D eigenvalue weighted by atomic mass is 10.2. The van der Waals surface area contributed by atoms with Gasteiger partial charge in [-0.2, -0.15) is 0 Å². The highest BCUT2D eigenvalue weighted by Gasteiger charge is 2.11. The second-order valence-electron chi connectivity index (χ2n) is 5.25. The first-order chi connectivity index (χ1) is 11.5. The molecule has 1 N–H and O–H groups in total. The van der Waals surface area contributed by atoms with Gasteiger partial charge in [0.2, 0.25) is 0 Å². The number of hydrogen-bond acceptors (Lipinski definition) is 4. The normalized spacial score (nSPS) is 10.1. The lowest BCUT2D eigenvalue weighted by Crippen LogP contribution is -2.24. The Kier molecular flexibility index (Phi) is 5.89. The van der Waals surface area contributed by atoms with Gasteiger partial charge in [-0.1, -0.05) is 24.3 Å². The minimum atomic E-state index is -0.683. The van der Waals surface area contributed by atoms with E-state index in [4.69, 9.17) is 9.47 Å². The van der Waals surface area contributed by atoms with Crippen LogP contribution in [-0.2, 0) is 14.3 Å². The molecule has 0 aliphatic rings. The number of amides is 1. The van der Waals surface area contributed by atoms with Crippen molar-refractivity contribution in [2.45, 2.75) is 13.8 Å². The zero-order chi connectivity index (χ0) is 17.5. The van der Waals surface area contributed by atoms with Gasteiger partial charge in [0.1, 0.15) is 11.6 Å². The summed E-state index contributed by atoms with van der Waals surface area (Å²) in [7, 11) is 0. The molecule has 24 heavy (non-hydrogen) atoms. The predicted molar refractivity (Wildman–Crippen MR) is 87.4 cm³/mol. The van der Waals surface area contributed by atoms with Crippen LogP contribution in [0.1, 0.15) is 11.1 Å². The second-order valence-corrected chi connectivity index (χ2v) is 5.25. The first-order valence-corrected chi connectivity index (χ1v) is 7.36. The van der Waals surface area contributed by atoms with Crippen molar-refractivity contribution < 1.29 is 23.5 Å². The molecule has 0 bridgehead atoms. The Hall–Kier alpha value is -2.89. The Morgan fingerprint density at radius 3 is 2.54 bits per heavy atom. The Bertz CT molecular complexity index is 746. The Morgan fingerprint density at radius 1 is 1.08 bits per heavy atom. The molecule has 1 amide bonds. The van der Waals surface area contributed by atoms with Gasteiger partial charge in [0.05, 0.1) is 5.69 Å². The topological polar surface area (TPSA) is 64.6 Å². The number of nitrogens with one attached hydrogen (secondary N) is 1. The lowest BCUT2D eigenvalue weighted by molar-refractivity contribution is -0.149. The molecule has 0 atom stereocenters. The number of esters is 1. The van der Waals surface area contributed by atoms with Crippen LogP contribution in [0.5, 0.6) is 5.75 Å². The van der Waals surface area contributed by atoms with E-state index in [1.54, 1.807) is 25.1 Å². The van der Waals surface area contributed by atoms with Crippen molar-refractivity contribution >= 4 is 17.6 Å². The molecule has 2 aromatic rings. The molecule has 126 valence electrons. The Balaban J connectivity index is 1.77. The fourth-order valence-electron chi connectivity index (χ4n) is 1.95. The fraction of sp³-hybridized carbons (Fsp3) is 0.222. The molecule has 0 heterocycles. The molecular weight excluding hydrogens is 313 g/mol. The first-order valence-electron chi connectivity index (χ1n) is 7.36. The van der Waals surface area contributed by atoms with E-state index < -0.39 is 24.3 Å². The number of ether oxygens (including phenoxy) is 2. The van der Waals surface area contributed by atoms with Crippen molar-refractivity contribution in [2.75, 3.05) is 18.5 Å². The van der Waals surface area contributed by atoms with Crippen LogP contribution in [0.15, 0.2) is 42.5 Å². The van der Waals surface area contributed by atoms with Gasteiger partial charge in [0, 0.05) is 0 Å².